The summed E-state index contributed by atoms with van der Waals surface area (Å²) in [7, 11) is 0. The second-order valence-electron chi connectivity index (χ2n) is 4.08. The maximum Gasteiger partial charge on any atom is 0.176 e. The Morgan fingerprint density at radius 3 is 2.75 bits per heavy atom. The Labute approximate surface area is 102 Å². The number of benzene rings is 1. The molecule has 0 saturated carbocycles. The van der Waals surface area contributed by atoms with E-state index in [0.29, 0.717) is 17.6 Å². The second-order valence-corrected chi connectivity index (χ2v) is 4.48. The zero-order valence-corrected chi connectivity index (χ0v) is 10.8. The number of ketones is 1. The topological polar surface area (TPSA) is 29.1 Å². The zero-order valence-electron chi connectivity index (χ0n) is 10.0. The molecule has 0 fully saturated rings. The van der Waals surface area contributed by atoms with E-state index in [1.807, 2.05) is 13.0 Å². The van der Waals surface area contributed by atoms with Gasteiger partial charge in [-0.2, -0.15) is 0 Å². The lowest BCUT2D eigenvalue weighted by molar-refractivity contribution is 0.0987. The van der Waals surface area contributed by atoms with Crippen LogP contribution in [0.15, 0.2) is 18.2 Å². The van der Waals surface area contributed by atoms with E-state index >= 15 is 0 Å². The summed E-state index contributed by atoms with van der Waals surface area (Å²) in [6.45, 7) is 6.45. The molecule has 0 aliphatic rings. The van der Waals surface area contributed by atoms with E-state index in [4.69, 9.17) is 11.6 Å². The lowest BCUT2D eigenvalue weighted by Gasteiger charge is -2.10. The van der Waals surface area contributed by atoms with Crippen molar-refractivity contribution in [1.82, 2.24) is 5.32 Å². The van der Waals surface area contributed by atoms with E-state index in [2.05, 4.69) is 19.2 Å². The SMILES string of the molecule is CCC(C)NCC(=O)c1ccc(Cl)c(C)c1. The van der Waals surface area contributed by atoms with Crippen LogP contribution in [0.25, 0.3) is 0 Å². The number of halogens is 1. The highest BCUT2D eigenvalue weighted by molar-refractivity contribution is 6.31. The minimum absolute atomic E-state index is 0.111. The van der Waals surface area contributed by atoms with E-state index in [1.165, 1.54) is 0 Å². The number of hydrogen-bond acceptors (Lipinski definition) is 2. The molecule has 1 N–H and O–H groups in total. The van der Waals surface area contributed by atoms with Crippen LogP contribution >= 0.6 is 11.6 Å². The summed E-state index contributed by atoms with van der Waals surface area (Å²) in [6, 6.07) is 5.75. The van der Waals surface area contributed by atoms with Crippen molar-refractivity contribution in [2.24, 2.45) is 0 Å². The number of rotatable bonds is 5. The fourth-order valence-electron chi connectivity index (χ4n) is 1.33. The molecule has 0 heterocycles. The third kappa shape index (κ3) is 3.62. The van der Waals surface area contributed by atoms with Crippen molar-refractivity contribution in [3.05, 3.63) is 34.3 Å². The van der Waals surface area contributed by atoms with Gasteiger partial charge >= 0.3 is 0 Å². The van der Waals surface area contributed by atoms with Gasteiger partial charge in [0, 0.05) is 16.6 Å². The summed E-state index contributed by atoms with van der Waals surface area (Å²) in [5.74, 6) is 0.111. The Morgan fingerprint density at radius 2 is 2.19 bits per heavy atom. The Kier molecular flexibility index (Phi) is 4.97. The number of hydrogen-bond donors (Lipinski definition) is 1. The van der Waals surface area contributed by atoms with Crippen molar-refractivity contribution in [2.45, 2.75) is 33.2 Å². The van der Waals surface area contributed by atoms with Crippen molar-refractivity contribution in [1.29, 1.82) is 0 Å². The van der Waals surface area contributed by atoms with Gasteiger partial charge in [-0.1, -0.05) is 18.5 Å². The third-order valence-corrected chi connectivity index (χ3v) is 3.13. The summed E-state index contributed by atoms with van der Waals surface area (Å²) in [4.78, 5) is 11.8. The molecule has 0 radical (unpaired) electrons. The van der Waals surface area contributed by atoms with Gasteiger partial charge in [0.2, 0.25) is 0 Å². The van der Waals surface area contributed by atoms with E-state index in [0.717, 1.165) is 17.5 Å². The number of nitrogens with one attached hydrogen (secondary N) is 1. The smallest absolute Gasteiger partial charge is 0.176 e. The first-order chi connectivity index (χ1) is 7.54. The summed E-state index contributed by atoms with van der Waals surface area (Å²) < 4.78 is 0. The quantitative estimate of drug-likeness (QED) is 0.800. The van der Waals surface area contributed by atoms with Gasteiger partial charge in [-0.15, -0.1) is 0 Å². The van der Waals surface area contributed by atoms with Crippen molar-refractivity contribution in [3.63, 3.8) is 0 Å². The first-order valence-corrected chi connectivity index (χ1v) is 5.95. The first-order valence-electron chi connectivity index (χ1n) is 5.57. The van der Waals surface area contributed by atoms with Crippen LogP contribution in [-0.4, -0.2) is 18.4 Å². The van der Waals surface area contributed by atoms with E-state index in [9.17, 15) is 4.79 Å². The Balaban J connectivity index is 2.63. The molecule has 0 aliphatic heterocycles. The lowest BCUT2D eigenvalue weighted by atomic mass is 10.1. The summed E-state index contributed by atoms with van der Waals surface area (Å²) in [6.07, 6.45) is 1.02. The number of Topliss-reactive ketones (excluding diaryl/α,β-unsaturated/α-hetero) is 1. The van der Waals surface area contributed by atoms with Gasteiger partial charge < -0.3 is 5.32 Å². The molecule has 0 spiro atoms. The number of carbonyl (C=O) groups excluding carboxylic acids is 1. The van der Waals surface area contributed by atoms with Crippen LogP contribution in [0, 0.1) is 6.92 Å². The van der Waals surface area contributed by atoms with Crippen LogP contribution in [-0.2, 0) is 0 Å². The van der Waals surface area contributed by atoms with Gasteiger partial charge in [-0.05, 0) is 44.0 Å². The maximum absolute atomic E-state index is 11.8. The minimum atomic E-state index is 0.111. The van der Waals surface area contributed by atoms with Crippen molar-refractivity contribution < 1.29 is 4.79 Å². The molecule has 0 saturated heterocycles. The largest absolute Gasteiger partial charge is 0.307 e. The molecule has 0 aromatic heterocycles. The fourth-order valence-corrected chi connectivity index (χ4v) is 1.45. The van der Waals surface area contributed by atoms with Crippen LogP contribution in [0.3, 0.4) is 0 Å². The maximum atomic E-state index is 11.8. The minimum Gasteiger partial charge on any atom is -0.307 e. The van der Waals surface area contributed by atoms with Crippen LogP contribution in [0.1, 0.15) is 36.2 Å². The summed E-state index contributed by atoms with van der Waals surface area (Å²) >= 11 is 5.91. The van der Waals surface area contributed by atoms with E-state index in [1.54, 1.807) is 12.1 Å². The molecular weight excluding hydrogens is 222 g/mol. The van der Waals surface area contributed by atoms with Crippen LogP contribution in [0.4, 0.5) is 0 Å². The highest BCUT2D eigenvalue weighted by atomic mass is 35.5. The highest BCUT2D eigenvalue weighted by Crippen LogP contribution is 2.16. The Bertz CT molecular complexity index is 376. The molecule has 0 bridgehead atoms. The number of aryl methyl sites for hydroxylation is 1. The standard InChI is InChI=1S/C13H18ClNO/c1-4-10(3)15-8-13(16)11-5-6-12(14)9(2)7-11/h5-7,10,15H,4,8H2,1-3H3. The normalized spacial score (nSPS) is 12.5. The second kappa shape index (κ2) is 6.02. The van der Waals surface area contributed by atoms with E-state index in [-0.39, 0.29) is 5.78 Å². The average Bonchev–Trinajstić information content (AvgIpc) is 2.29. The summed E-state index contributed by atoms with van der Waals surface area (Å²) in [5, 5.41) is 3.88. The number of carbonyl (C=O) groups is 1. The molecule has 1 atom stereocenters. The average molecular weight is 240 g/mol. The molecule has 1 unspecified atom stereocenters. The molecule has 3 heteroatoms. The van der Waals surface area contributed by atoms with Gasteiger partial charge in [-0.3, -0.25) is 4.79 Å². The van der Waals surface area contributed by atoms with Gasteiger partial charge in [0.15, 0.2) is 5.78 Å². The van der Waals surface area contributed by atoms with Gasteiger partial charge in [-0.25, -0.2) is 0 Å². The van der Waals surface area contributed by atoms with Crippen molar-refractivity contribution in [2.75, 3.05) is 6.54 Å². The fraction of sp³-hybridized carbons (Fsp3) is 0.462. The zero-order chi connectivity index (χ0) is 12.1. The van der Waals surface area contributed by atoms with Crippen LogP contribution < -0.4 is 5.32 Å². The molecule has 0 aliphatic carbocycles. The van der Waals surface area contributed by atoms with Crippen molar-refractivity contribution >= 4 is 17.4 Å². The Hall–Kier alpha value is -0.860. The molecule has 0 amide bonds. The molecule has 1 aromatic rings. The highest BCUT2D eigenvalue weighted by Gasteiger charge is 2.08. The van der Waals surface area contributed by atoms with Gasteiger partial charge in [0.25, 0.3) is 0 Å². The molecular formula is C13H18ClNO. The molecule has 1 rings (SSSR count). The molecule has 88 valence electrons. The molecule has 1 aromatic carbocycles. The third-order valence-electron chi connectivity index (χ3n) is 2.70. The summed E-state index contributed by atoms with van der Waals surface area (Å²) in [5.41, 5.74) is 1.66. The molecule has 16 heavy (non-hydrogen) atoms. The first kappa shape index (κ1) is 13.2. The van der Waals surface area contributed by atoms with Crippen LogP contribution in [0.5, 0.6) is 0 Å². The monoisotopic (exact) mass is 239 g/mol. The van der Waals surface area contributed by atoms with E-state index < -0.39 is 0 Å². The van der Waals surface area contributed by atoms with Gasteiger partial charge in [0.05, 0.1) is 6.54 Å². The predicted octanol–water partition coefficient (Wildman–Crippen LogP) is 3.22. The van der Waals surface area contributed by atoms with Crippen molar-refractivity contribution in [3.8, 4) is 0 Å². The van der Waals surface area contributed by atoms with Gasteiger partial charge in [0.1, 0.15) is 0 Å². The molecule has 2 nitrogen and oxygen atoms in total. The predicted molar refractivity (Wildman–Crippen MR) is 68.3 cm³/mol. The van der Waals surface area contributed by atoms with Crippen LogP contribution in [0.2, 0.25) is 5.02 Å². The lowest BCUT2D eigenvalue weighted by Crippen LogP contribution is -2.30. The Morgan fingerprint density at radius 1 is 1.50 bits per heavy atom.